The van der Waals surface area contributed by atoms with E-state index in [1.54, 1.807) is 12.1 Å². The van der Waals surface area contributed by atoms with Gasteiger partial charge in [-0.2, -0.15) is 0 Å². The van der Waals surface area contributed by atoms with E-state index in [9.17, 15) is 0 Å². The fourth-order valence-corrected chi connectivity index (χ4v) is 1.10. The summed E-state index contributed by atoms with van der Waals surface area (Å²) in [5.74, 6) is 0.320. The molecule has 1 aromatic rings. The lowest BCUT2D eigenvalue weighted by atomic mass is 10.2. The molecule has 0 radical (unpaired) electrons. The van der Waals surface area contributed by atoms with E-state index in [4.69, 9.17) is 5.11 Å². The molecule has 1 aromatic carbocycles. The van der Waals surface area contributed by atoms with Crippen molar-refractivity contribution in [3.63, 3.8) is 0 Å². The number of nitrogens with zero attached hydrogens (tertiary/aromatic N) is 1. The van der Waals surface area contributed by atoms with Gasteiger partial charge in [0, 0.05) is 6.54 Å². The van der Waals surface area contributed by atoms with Gasteiger partial charge in [-0.15, -0.1) is 0 Å². The molecule has 11 heavy (non-hydrogen) atoms. The zero-order valence-electron chi connectivity index (χ0n) is 6.49. The highest BCUT2D eigenvalue weighted by atomic mass is 31.0. The zero-order chi connectivity index (χ0) is 8.27. The quantitative estimate of drug-likeness (QED) is 0.680. The summed E-state index contributed by atoms with van der Waals surface area (Å²) in [6, 6.07) is 7.22. The van der Waals surface area contributed by atoms with Crippen LogP contribution in [0, 0.1) is 0 Å². The highest BCUT2D eigenvalue weighted by Gasteiger charge is 1.93. The van der Waals surface area contributed by atoms with Crippen molar-refractivity contribution < 1.29 is 5.11 Å². The Balaban J connectivity index is 2.66. The van der Waals surface area contributed by atoms with Crippen molar-refractivity contribution >= 4 is 9.39 Å². The van der Waals surface area contributed by atoms with E-state index in [1.165, 1.54) is 5.56 Å². The molecule has 0 saturated heterocycles. The van der Waals surface area contributed by atoms with Gasteiger partial charge in [-0.25, -0.2) is 0 Å². The van der Waals surface area contributed by atoms with Gasteiger partial charge in [0.05, 0.1) is 0 Å². The average Bonchev–Trinajstić information content (AvgIpc) is 1.93. The van der Waals surface area contributed by atoms with Gasteiger partial charge >= 0.3 is 0 Å². The lowest BCUT2D eigenvalue weighted by Gasteiger charge is -2.08. The fourth-order valence-electron chi connectivity index (χ4n) is 0.889. The third-order valence-electron chi connectivity index (χ3n) is 1.37. The molecule has 0 amide bonds. The highest BCUT2D eigenvalue weighted by Crippen LogP contribution is 2.11. The Kier molecular flexibility index (Phi) is 2.86. The summed E-state index contributed by atoms with van der Waals surface area (Å²) in [6.07, 6.45) is 0. The lowest BCUT2D eigenvalue weighted by molar-refractivity contribution is 0.474. The topological polar surface area (TPSA) is 23.5 Å². The van der Waals surface area contributed by atoms with Crippen LogP contribution in [0.3, 0.4) is 0 Å². The van der Waals surface area contributed by atoms with Crippen LogP contribution < -0.4 is 0 Å². The molecule has 0 aliphatic heterocycles. The second kappa shape index (κ2) is 3.70. The SMILES string of the molecule is CN(P)Cc1ccc(O)cc1. The number of benzene rings is 1. The number of phenolic OH excluding ortho intramolecular Hbond substituents is 1. The van der Waals surface area contributed by atoms with Crippen LogP contribution >= 0.6 is 9.39 Å². The van der Waals surface area contributed by atoms with Crippen LogP contribution in [0.2, 0.25) is 0 Å². The molecular weight excluding hydrogens is 157 g/mol. The molecule has 60 valence electrons. The molecule has 0 fully saturated rings. The first-order valence-corrected chi connectivity index (χ1v) is 3.94. The summed E-state index contributed by atoms with van der Waals surface area (Å²) in [5.41, 5.74) is 1.19. The Morgan fingerprint density at radius 3 is 2.36 bits per heavy atom. The summed E-state index contributed by atoms with van der Waals surface area (Å²) in [6.45, 7) is 0.880. The molecule has 3 heteroatoms. The maximum absolute atomic E-state index is 8.97. The number of hydrogen-bond acceptors (Lipinski definition) is 2. The third-order valence-corrected chi connectivity index (χ3v) is 1.55. The standard InChI is InChI=1S/C8H12NOP/c1-9(11)6-7-2-4-8(10)5-3-7/h2-5,10H,6,11H2,1H3. The molecule has 1 unspecified atom stereocenters. The minimum atomic E-state index is 0.320. The molecule has 0 aliphatic carbocycles. The molecule has 0 spiro atoms. The maximum atomic E-state index is 8.97. The van der Waals surface area contributed by atoms with E-state index in [1.807, 2.05) is 23.9 Å². The smallest absolute Gasteiger partial charge is 0.115 e. The van der Waals surface area contributed by atoms with Crippen molar-refractivity contribution in [3.8, 4) is 5.75 Å². The van der Waals surface area contributed by atoms with Gasteiger partial charge in [0.2, 0.25) is 0 Å². The number of hydrogen-bond donors (Lipinski definition) is 1. The number of phenols is 1. The Morgan fingerprint density at radius 1 is 1.36 bits per heavy atom. The van der Waals surface area contributed by atoms with Gasteiger partial charge < -0.3 is 5.11 Å². The molecule has 0 aromatic heterocycles. The second-order valence-corrected chi connectivity index (χ2v) is 3.46. The van der Waals surface area contributed by atoms with Crippen molar-refractivity contribution in [1.29, 1.82) is 0 Å². The lowest BCUT2D eigenvalue weighted by Crippen LogP contribution is -2.02. The van der Waals surface area contributed by atoms with Gasteiger partial charge in [0.25, 0.3) is 0 Å². The highest BCUT2D eigenvalue weighted by molar-refractivity contribution is 7.13. The first-order chi connectivity index (χ1) is 5.18. The fraction of sp³-hybridized carbons (Fsp3) is 0.250. The second-order valence-electron chi connectivity index (χ2n) is 2.58. The van der Waals surface area contributed by atoms with E-state index in [0.717, 1.165) is 6.54 Å². The van der Waals surface area contributed by atoms with Crippen LogP contribution in [-0.4, -0.2) is 16.8 Å². The summed E-state index contributed by atoms with van der Waals surface area (Å²) in [4.78, 5) is 0. The summed E-state index contributed by atoms with van der Waals surface area (Å²) in [5, 5.41) is 8.97. The molecule has 0 heterocycles. The van der Waals surface area contributed by atoms with E-state index in [-0.39, 0.29) is 0 Å². The third kappa shape index (κ3) is 2.87. The molecule has 1 rings (SSSR count). The van der Waals surface area contributed by atoms with Gasteiger partial charge in [-0.05, 0) is 24.7 Å². The minimum absolute atomic E-state index is 0.320. The number of aromatic hydroxyl groups is 1. The Hall–Kier alpha value is -0.590. The van der Waals surface area contributed by atoms with Crippen LogP contribution in [-0.2, 0) is 6.54 Å². The molecule has 0 bridgehead atoms. The normalized spacial score (nSPS) is 10.5. The van der Waals surface area contributed by atoms with Crippen molar-refractivity contribution in [1.82, 2.24) is 4.67 Å². The molecule has 0 aliphatic rings. The van der Waals surface area contributed by atoms with E-state index < -0.39 is 0 Å². The average molecular weight is 169 g/mol. The first-order valence-electron chi connectivity index (χ1n) is 3.42. The molecular formula is C8H12NOP. The van der Waals surface area contributed by atoms with Crippen LogP contribution in [0.4, 0.5) is 0 Å². The van der Waals surface area contributed by atoms with Crippen molar-refractivity contribution in [2.24, 2.45) is 0 Å². The summed E-state index contributed by atoms with van der Waals surface area (Å²) in [7, 11) is 4.57. The molecule has 2 nitrogen and oxygen atoms in total. The molecule has 1 N–H and O–H groups in total. The van der Waals surface area contributed by atoms with E-state index >= 15 is 0 Å². The Morgan fingerprint density at radius 2 is 1.91 bits per heavy atom. The van der Waals surface area contributed by atoms with Crippen molar-refractivity contribution in [3.05, 3.63) is 29.8 Å². The Labute approximate surface area is 69.1 Å². The van der Waals surface area contributed by atoms with Crippen molar-refractivity contribution in [2.45, 2.75) is 6.54 Å². The minimum Gasteiger partial charge on any atom is -0.508 e. The van der Waals surface area contributed by atoms with Crippen LogP contribution in [0.25, 0.3) is 0 Å². The van der Waals surface area contributed by atoms with Crippen LogP contribution in [0.1, 0.15) is 5.56 Å². The Bertz CT molecular complexity index is 220. The van der Waals surface area contributed by atoms with E-state index in [0.29, 0.717) is 5.75 Å². The molecule has 1 atom stereocenters. The summed E-state index contributed by atoms with van der Waals surface area (Å²) < 4.78 is 2.01. The maximum Gasteiger partial charge on any atom is 0.115 e. The predicted molar refractivity (Wildman–Crippen MR) is 49.3 cm³/mol. The van der Waals surface area contributed by atoms with Crippen molar-refractivity contribution in [2.75, 3.05) is 7.05 Å². The van der Waals surface area contributed by atoms with Gasteiger partial charge in [0.15, 0.2) is 0 Å². The van der Waals surface area contributed by atoms with Gasteiger partial charge in [-0.3, -0.25) is 4.67 Å². The largest absolute Gasteiger partial charge is 0.508 e. The van der Waals surface area contributed by atoms with Crippen LogP contribution in [0.15, 0.2) is 24.3 Å². The zero-order valence-corrected chi connectivity index (χ0v) is 7.64. The van der Waals surface area contributed by atoms with Gasteiger partial charge in [-0.1, -0.05) is 21.5 Å². The predicted octanol–water partition coefficient (Wildman–Crippen LogP) is 1.61. The van der Waals surface area contributed by atoms with Crippen LogP contribution in [0.5, 0.6) is 5.75 Å². The van der Waals surface area contributed by atoms with E-state index in [2.05, 4.69) is 9.39 Å². The first kappa shape index (κ1) is 8.51. The monoisotopic (exact) mass is 169 g/mol. The number of rotatable bonds is 2. The summed E-state index contributed by atoms with van der Waals surface area (Å²) >= 11 is 0. The van der Waals surface area contributed by atoms with Gasteiger partial charge in [0.1, 0.15) is 5.75 Å². The molecule has 0 saturated carbocycles.